The molecule has 0 saturated heterocycles. The van der Waals surface area contributed by atoms with Crippen molar-refractivity contribution in [2.75, 3.05) is 4.90 Å². The molecule has 0 spiro atoms. The Morgan fingerprint density at radius 1 is 0.307 bits per heavy atom. The van der Waals surface area contributed by atoms with Crippen LogP contribution in [0.5, 0.6) is 0 Å². The van der Waals surface area contributed by atoms with Crippen LogP contribution in [-0.2, 0) is 10.8 Å². The van der Waals surface area contributed by atoms with Crippen molar-refractivity contribution in [1.82, 2.24) is 14.1 Å². The van der Waals surface area contributed by atoms with Gasteiger partial charge in [-0.1, -0.05) is 143 Å². The highest BCUT2D eigenvalue weighted by molar-refractivity contribution is 6.26. The second-order valence-corrected chi connectivity index (χ2v) is 21.9. The van der Waals surface area contributed by atoms with E-state index >= 15 is 0 Å². The van der Waals surface area contributed by atoms with E-state index in [9.17, 15) is 0 Å². The molecule has 0 N–H and O–H groups in total. The lowest BCUT2D eigenvalue weighted by molar-refractivity contribution is 0.631. The molecule has 0 fully saturated rings. The van der Waals surface area contributed by atoms with Gasteiger partial charge < -0.3 is 9.47 Å². The lowest BCUT2D eigenvalue weighted by atomic mass is 9.73. The van der Waals surface area contributed by atoms with Crippen molar-refractivity contribution in [3.8, 4) is 33.6 Å². The van der Waals surface area contributed by atoms with Crippen LogP contribution in [0.4, 0.5) is 17.1 Å². The number of fused-ring (bicyclic) bond motifs is 17. The van der Waals surface area contributed by atoms with Gasteiger partial charge in [-0.2, -0.15) is 0 Å². The highest BCUT2D eigenvalue weighted by Gasteiger charge is 2.39. The van der Waals surface area contributed by atoms with Gasteiger partial charge in [0.05, 0.1) is 27.9 Å². The van der Waals surface area contributed by atoms with Crippen LogP contribution in [0.2, 0.25) is 0 Å². The van der Waals surface area contributed by atoms with Crippen LogP contribution in [0.1, 0.15) is 49.9 Å². The molecular formula is C71H50N4. The summed E-state index contributed by atoms with van der Waals surface area (Å²) in [5, 5.41) is 12.6. The molecule has 0 bridgehead atoms. The Kier molecular flexibility index (Phi) is 8.55. The SMILES string of the molecule is CC1(C)c2cc3c4ccccc4c4ccccc4c3cc2-c2cc3c(cc21)c1cc(-c2ccc4c(c2)c2cccnc2n4-c2ccccc2)ccc1n3-c1ccc2c(c1)C(C)(C)c1ccccc1N2c1ccccc1. The van der Waals surface area contributed by atoms with Crippen LogP contribution in [0, 0.1) is 0 Å². The van der Waals surface area contributed by atoms with Crippen molar-refractivity contribution in [1.29, 1.82) is 0 Å². The van der Waals surface area contributed by atoms with Gasteiger partial charge in [-0.15, -0.1) is 0 Å². The topological polar surface area (TPSA) is 26.0 Å². The van der Waals surface area contributed by atoms with Crippen LogP contribution in [0.15, 0.2) is 231 Å². The molecule has 0 unspecified atom stereocenters. The number of anilines is 3. The molecule has 0 saturated carbocycles. The van der Waals surface area contributed by atoms with Crippen molar-refractivity contribution in [2.24, 2.45) is 0 Å². The van der Waals surface area contributed by atoms with E-state index in [0.29, 0.717) is 0 Å². The summed E-state index contributed by atoms with van der Waals surface area (Å²) in [6, 6.07) is 83.9. The molecule has 11 aromatic carbocycles. The lowest BCUT2D eigenvalue weighted by Gasteiger charge is -2.42. The minimum Gasteiger partial charge on any atom is -0.310 e. The van der Waals surface area contributed by atoms with E-state index in [2.05, 4.69) is 266 Å². The third-order valence-corrected chi connectivity index (χ3v) is 17.3. The minimum absolute atomic E-state index is 0.248. The van der Waals surface area contributed by atoms with Crippen LogP contribution >= 0.6 is 0 Å². The molecule has 2 aliphatic rings. The third kappa shape index (κ3) is 5.80. The van der Waals surface area contributed by atoms with E-state index in [1.54, 1.807) is 0 Å². The molecule has 354 valence electrons. The summed E-state index contributed by atoms with van der Waals surface area (Å²) < 4.78 is 4.84. The number of pyridine rings is 1. The summed E-state index contributed by atoms with van der Waals surface area (Å²) in [4.78, 5) is 7.37. The predicted octanol–water partition coefficient (Wildman–Crippen LogP) is 18.8. The van der Waals surface area contributed by atoms with Crippen LogP contribution in [0.25, 0.3) is 110 Å². The summed E-state index contributed by atoms with van der Waals surface area (Å²) in [6.07, 6.45) is 1.90. The zero-order valence-electron chi connectivity index (χ0n) is 42.2. The largest absolute Gasteiger partial charge is 0.310 e. The zero-order valence-corrected chi connectivity index (χ0v) is 42.2. The molecule has 16 rings (SSSR count). The molecule has 1 aliphatic carbocycles. The second kappa shape index (κ2) is 15.2. The number of hydrogen-bond donors (Lipinski definition) is 0. The fraction of sp³-hybridized carbons (Fsp3) is 0.0845. The lowest BCUT2D eigenvalue weighted by Crippen LogP contribution is -2.30. The monoisotopic (exact) mass is 958 g/mol. The van der Waals surface area contributed by atoms with E-state index in [1.165, 1.54) is 115 Å². The van der Waals surface area contributed by atoms with E-state index in [0.717, 1.165) is 33.6 Å². The molecule has 4 heterocycles. The van der Waals surface area contributed by atoms with Crippen molar-refractivity contribution < 1.29 is 0 Å². The average molecular weight is 959 g/mol. The molecule has 3 aromatic heterocycles. The number of nitrogens with zero attached hydrogens (tertiary/aromatic N) is 4. The molecule has 0 atom stereocenters. The Morgan fingerprint density at radius 3 is 1.51 bits per heavy atom. The first kappa shape index (κ1) is 42.3. The zero-order chi connectivity index (χ0) is 49.9. The Labute approximate surface area is 435 Å². The molecule has 4 nitrogen and oxygen atoms in total. The number of rotatable bonds is 4. The molecular weight excluding hydrogens is 909 g/mol. The molecule has 1 aliphatic heterocycles. The Morgan fingerprint density at radius 2 is 0.813 bits per heavy atom. The summed E-state index contributed by atoms with van der Waals surface area (Å²) in [7, 11) is 0. The number of para-hydroxylation sites is 3. The Hall–Kier alpha value is -9.25. The van der Waals surface area contributed by atoms with Crippen LogP contribution in [-0.4, -0.2) is 14.1 Å². The first-order chi connectivity index (χ1) is 36.7. The van der Waals surface area contributed by atoms with Crippen LogP contribution in [0.3, 0.4) is 0 Å². The molecule has 0 amide bonds. The fourth-order valence-electron chi connectivity index (χ4n) is 13.6. The minimum atomic E-state index is -0.269. The third-order valence-electron chi connectivity index (χ3n) is 17.3. The van der Waals surface area contributed by atoms with E-state index < -0.39 is 0 Å². The maximum absolute atomic E-state index is 4.93. The first-order valence-corrected chi connectivity index (χ1v) is 26.3. The van der Waals surface area contributed by atoms with E-state index in [-0.39, 0.29) is 10.8 Å². The summed E-state index contributed by atoms with van der Waals surface area (Å²) in [5.74, 6) is 0. The van der Waals surface area contributed by atoms with Crippen molar-refractivity contribution in [2.45, 2.75) is 38.5 Å². The maximum Gasteiger partial charge on any atom is 0.145 e. The Bertz CT molecular complexity index is 4760. The van der Waals surface area contributed by atoms with E-state index in [1.807, 2.05) is 6.20 Å². The fourth-order valence-corrected chi connectivity index (χ4v) is 13.6. The van der Waals surface area contributed by atoms with Gasteiger partial charge in [0, 0.05) is 55.6 Å². The quantitative estimate of drug-likeness (QED) is 0.164. The van der Waals surface area contributed by atoms with Crippen molar-refractivity contribution in [3.05, 3.63) is 253 Å². The number of benzene rings is 11. The normalized spacial score (nSPS) is 14.3. The van der Waals surface area contributed by atoms with Gasteiger partial charge in [-0.25, -0.2) is 4.98 Å². The second-order valence-electron chi connectivity index (χ2n) is 21.9. The van der Waals surface area contributed by atoms with Gasteiger partial charge in [0.15, 0.2) is 0 Å². The number of aromatic nitrogens is 3. The first-order valence-electron chi connectivity index (χ1n) is 26.3. The maximum atomic E-state index is 4.93. The highest BCUT2D eigenvalue weighted by atomic mass is 15.2. The van der Waals surface area contributed by atoms with Crippen molar-refractivity contribution in [3.63, 3.8) is 0 Å². The average Bonchev–Trinajstić information content (AvgIpc) is 4.14. The molecule has 4 heteroatoms. The van der Waals surface area contributed by atoms with Gasteiger partial charge in [0.1, 0.15) is 5.65 Å². The summed E-state index contributed by atoms with van der Waals surface area (Å²) >= 11 is 0. The highest BCUT2D eigenvalue weighted by Crippen LogP contribution is 2.55. The predicted molar refractivity (Wildman–Crippen MR) is 315 cm³/mol. The molecule has 75 heavy (non-hydrogen) atoms. The van der Waals surface area contributed by atoms with Crippen LogP contribution < -0.4 is 4.90 Å². The van der Waals surface area contributed by atoms with Crippen molar-refractivity contribution >= 4 is 93.1 Å². The van der Waals surface area contributed by atoms with E-state index in [4.69, 9.17) is 4.98 Å². The van der Waals surface area contributed by atoms with Gasteiger partial charge in [-0.3, -0.25) is 4.57 Å². The summed E-state index contributed by atoms with van der Waals surface area (Å²) in [6.45, 7) is 9.65. The van der Waals surface area contributed by atoms with Gasteiger partial charge in [0.25, 0.3) is 0 Å². The summed E-state index contributed by atoms with van der Waals surface area (Å²) in [5.41, 5.74) is 20.2. The number of hydrogen-bond acceptors (Lipinski definition) is 2. The van der Waals surface area contributed by atoms with Gasteiger partial charge in [0.2, 0.25) is 0 Å². The Balaban J connectivity index is 0.955. The molecule has 0 radical (unpaired) electrons. The standard InChI is InChI=1S/C71H50N4/c1-70(2)60-27-15-16-28-66(60)73(45-18-7-5-8-19-45)67-34-31-47(38-63(67)70)74-64-32-29-44(43-30-33-65-57(36-43)52-26-17-35-72-69(52)75(65)46-20-9-6-10-21-46)37-58(64)59-41-62-56(42-68(59)74)55-39-53-50-24-13-11-22-48(50)49-23-12-14-25-51(49)54(53)40-61(55)71(62,3)4/h5-42H,1-4H3. The van der Waals surface area contributed by atoms with Gasteiger partial charge in [-0.05, 0) is 186 Å². The smallest absolute Gasteiger partial charge is 0.145 e. The van der Waals surface area contributed by atoms with Gasteiger partial charge >= 0.3 is 0 Å². The molecule has 14 aromatic rings.